The van der Waals surface area contributed by atoms with Crippen LogP contribution in [0, 0.1) is 18.8 Å². The van der Waals surface area contributed by atoms with E-state index < -0.39 is 0 Å². The molecular formula is C56H53N4OPt-3. The fourth-order valence-electron chi connectivity index (χ4n) is 8.60. The van der Waals surface area contributed by atoms with Crippen LogP contribution in [0.5, 0.6) is 11.5 Å². The van der Waals surface area contributed by atoms with E-state index in [9.17, 15) is 0 Å². The van der Waals surface area contributed by atoms with Crippen molar-refractivity contribution in [2.75, 3.05) is 9.80 Å². The minimum absolute atomic E-state index is 0. The molecule has 1 aliphatic rings. The van der Waals surface area contributed by atoms with Crippen LogP contribution in [-0.4, -0.2) is 9.55 Å². The summed E-state index contributed by atoms with van der Waals surface area (Å²) in [6.07, 6.45) is 1.92. The normalized spacial score (nSPS) is 13.6. The smallest absolute Gasteiger partial charge is 0.135 e. The van der Waals surface area contributed by atoms with Crippen molar-refractivity contribution in [1.29, 1.82) is 0 Å². The maximum absolute atomic E-state index is 6.89. The predicted molar refractivity (Wildman–Crippen MR) is 253 cm³/mol. The number of aromatic nitrogens is 2. The fraction of sp³-hybridized carbons (Fsp3) is 0.214. The summed E-state index contributed by atoms with van der Waals surface area (Å²) in [4.78, 5) is 9.47. The molecule has 2 aromatic heterocycles. The molecule has 0 bridgehead atoms. The van der Waals surface area contributed by atoms with Gasteiger partial charge in [-0.15, -0.1) is 53.6 Å². The molecule has 62 heavy (non-hydrogen) atoms. The number of nitrogens with zero attached hydrogens (tertiary/aromatic N) is 4. The van der Waals surface area contributed by atoms with Crippen LogP contribution in [0.3, 0.4) is 0 Å². The Labute approximate surface area is 382 Å². The number of ether oxygens (including phenoxy) is 1. The molecule has 6 heteroatoms. The number of anilines is 2. The SMILES string of the molecule is CC1=C(C)N(c2cccc(C(C)(C)C)c2)[CH-]N1c1[c-]c(Oc2[c-]c3c(cc2)c2ccccc2n3-c2cc(C(C)(C)c3ccccc3)ccn2)cc(C(C)(C)c2ccccc2)c1.[Pt]. The molecule has 0 spiro atoms. The van der Waals surface area contributed by atoms with Crippen LogP contribution in [-0.2, 0) is 37.3 Å². The van der Waals surface area contributed by atoms with Crippen molar-refractivity contribution in [1.82, 2.24) is 9.55 Å². The first kappa shape index (κ1) is 42.8. The number of hydrogen-bond donors (Lipinski definition) is 0. The van der Waals surface area contributed by atoms with Gasteiger partial charge in [0.15, 0.2) is 0 Å². The summed E-state index contributed by atoms with van der Waals surface area (Å²) >= 11 is 0. The number of rotatable bonds is 9. The first-order valence-corrected chi connectivity index (χ1v) is 21.2. The zero-order chi connectivity index (χ0) is 42.7. The molecule has 9 rings (SSSR count). The number of benzene rings is 6. The molecule has 1 aliphatic heterocycles. The van der Waals surface area contributed by atoms with Crippen molar-refractivity contribution in [3.8, 4) is 17.3 Å². The molecule has 0 fully saturated rings. The molecule has 0 atom stereocenters. The second-order valence-corrected chi connectivity index (χ2v) is 18.4. The summed E-state index contributed by atoms with van der Waals surface area (Å²) in [5.41, 5.74) is 11.8. The van der Waals surface area contributed by atoms with Gasteiger partial charge in [-0.05, 0) is 82.6 Å². The van der Waals surface area contributed by atoms with Gasteiger partial charge in [0.25, 0.3) is 0 Å². The molecule has 0 N–H and O–H groups in total. The number of para-hydroxylation sites is 1. The molecule has 5 nitrogen and oxygen atoms in total. The van der Waals surface area contributed by atoms with Gasteiger partial charge in [-0.2, -0.15) is 6.07 Å². The van der Waals surface area contributed by atoms with Crippen LogP contribution in [0.15, 0.2) is 163 Å². The Bertz CT molecular complexity index is 2940. The molecule has 0 saturated carbocycles. The van der Waals surface area contributed by atoms with E-state index in [1.165, 1.54) is 22.3 Å². The Kier molecular flexibility index (Phi) is 11.3. The van der Waals surface area contributed by atoms with Crippen molar-refractivity contribution >= 4 is 33.2 Å². The Morgan fingerprint density at radius 3 is 1.85 bits per heavy atom. The van der Waals surface area contributed by atoms with E-state index in [1.54, 1.807) is 0 Å². The zero-order valence-electron chi connectivity index (χ0n) is 37.0. The summed E-state index contributed by atoms with van der Waals surface area (Å²) in [5.74, 6) is 2.05. The van der Waals surface area contributed by atoms with Gasteiger partial charge in [0.2, 0.25) is 0 Å². The van der Waals surface area contributed by atoms with Crippen LogP contribution in [0.1, 0.15) is 90.1 Å². The van der Waals surface area contributed by atoms with Gasteiger partial charge in [0.05, 0.1) is 0 Å². The van der Waals surface area contributed by atoms with Crippen LogP contribution >= 0.6 is 0 Å². The molecule has 0 radical (unpaired) electrons. The average molecular weight is 993 g/mol. The molecular weight excluding hydrogens is 940 g/mol. The monoisotopic (exact) mass is 992 g/mol. The van der Waals surface area contributed by atoms with Crippen molar-refractivity contribution in [3.05, 3.63) is 210 Å². The van der Waals surface area contributed by atoms with Gasteiger partial charge < -0.3 is 19.1 Å². The second-order valence-electron chi connectivity index (χ2n) is 18.4. The van der Waals surface area contributed by atoms with Crippen LogP contribution in [0.4, 0.5) is 11.4 Å². The zero-order valence-corrected chi connectivity index (χ0v) is 39.3. The van der Waals surface area contributed by atoms with E-state index in [-0.39, 0.29) is 37.3 Å². The van der Waals surface area contributed by atoms with E-state index in [1.807, 2.05) is 12.3 Å². The van der Waals surface area contributed by atoms with Crippen molar-refractivity contribution < 1.29 is 25.8 Å². The van der Waals surface area contributed by atoms with E-state index in [0.717, 1.165) is 56.0 Å². The first-order valence-electron chi connectivity index (χ1n) is 21.2. The van der Waals surface area contributed by atoms with E-state index in [2.05, 4.69) is 235 Å². The van der Waals surface area contributed by atoms with Crippen molar-refractivity contribution in [2.45, 2.75) is 78.6 Å². The standard InChI is InChI=1S/C56H53N4O.Pt/c1-38-39(2)59(37-58(38)45-24-18-23-42(31-45)54(3,4)5)46-32-44(56(8,9)41-21-14-11-15-22-41)33-48(35-46)61-47-27-28-50-49-25-16-17-26-51(49)60(52(50)36-47)53-34-43(29-30-57-53)55(6,7)40-19-12-10-13-20-40;/h10-34,37H,1-9H3;/q-3;. The maximum Gasteiger partial charge on any atom is 0.135 e. The first-order chi connectivity index (χ1) is 29.2. The molecule has 0 unspecified atom stereocenters. The summed E-state index contributed by atoms with van der Waals surface area (Å²) < 4.78 is 9.11. The van der Waals surface area contributed by atoms with E-state index >= 15 is 0 Å². The Morgan fingerprint density at radius 1 is 0.532 bits per heavy atom. The third-order valence-electron chi connectivity index (χ3n) is 12.7. The van der Waals surface area contributed by atoms with Gasteiger partial charge in [-0.25, -0.2) is 4.98 Å². The Morgan fingerprint density at radius 2 is 1.16 bits per heavy atom. The average Bonchev–Trinajstić information content (AvgIpc) is 3.76. The van der Waals surface area contributed by atoms with E-state index in [0.29, 0.717) is 11.5 Å². The summed E-state index contributed by atoms with van der Waals surface area (Å²) in [6.45, 7) is 22.4. The van der Waals surface area contributed by atoms with E-state index in [4.69, 9.17) is 9.72 Å². The van der Waals surface area contributed by atoms with Crippen LogP contribution in [0.25, 0.3) is 27.6 Å². The van der Waals surface area contributed by atoms with Gasteiger partial charge in [-0.3, -0.25) is 0 Å². The predicted octanol–water partition coefficient (Wildman–Crippen LogP) is 14.2. The fourth-order valence-corrected chi connectivity index (χ4v) is 8.60. The van der Waals surface area contributed by atoms with Gasteiger partial charge in [-0.1, -0.05) is 145 Å². The number of hydrogen-bond acceptors (Lipinski definition) is 4. The van der Waals surface area contributed by atoms with Crippen molar-refractivity contribution in [3.63, 3.8) is 0 Å². The van der Waals surface area contributed by atoms with Crippen molar-refractivity contribution in [2.24, 2.45) is 0 Å². The number of allylic oxidation sites excluding steroid dienone is 2. The van der Waals surface area contributed by atoms with Gasteiger partial charge in [0, 0.05) is 66.8 Å². The molecule has 0 aliphatic carbocycles. The van der Waals surface area contributed by atoms with Crippen LogP contribution < -0.4 is 14.5 Å². The minimum Gasteiger partial charge on any atom is -0.509 e. The maximum atomic E-state index is 6.89. The minimum atomic E-state index is -0.333. The molecule has 3 heterocycles. The molecule has 0 amide bonds. The number of fused-ring (bicyclic) bond motifs is 3. The van der Waals surface area contributed by atoms with Gasteiger partial charge >= 0.3 is 0 Å². The molecule has 316 valence electrons. The summed E-state index contributed by atoms with van der Waals surface area (Å²) in [6, 6.07) is 58.9. The molecule has 8 aromatic rings. The molecule has 6 aromatic carbocycles. The number of pyridine rings is 1. The Hall–Kier alpha value is -5.90. The quantitative estimate of drug-likeness (QED) is 0.135. The topological polar surface area (TPSA) is 33.5 Å². The third kappa shape index (κ3) is 7.77. The summed E-state index contributed by atoms with van der Waals surface area (Å²) in [7, 11) is 0. The summed E-state index contributed by atoms with van der Waals surface area (Å²) in [5, 5.41) is 2.22. The largest absolute Gasteiger partial charge is 0.509 e. The Balaban J connectivity index is 0.00000529. The molecule has 0 saturated heterocycles. The van der Waals surface area contributed by atoms with Gasteiger partial charge in [0.1, 0.15) is 5.82 Å². The van der Waals surface area contributed by atoms with Crippen LogP contribution in [0.2, 0.25) is 0 Å². The third-order valence-corrected chi connectivity index (χ3v) is 12.7. The second kappa shape index (κ2) is 16.4.